The van der Waals surface area contributed by atoms with Crippen LogP contribution in [0.15, 0.2) is 24.3 Å². The van der Waals surface area contributed by atoms with Crippen LogP contribution in [-0.4, -0.2) is 4.98 Å². The van der Waals surface area contributed by atoms with Gasteiger partial charge in [0.25, 0.3) is 0 Å². The van der Waals surface area contributed by atoms with Gasteiger partial charge in [0.05, 0.1) is 18.2 Å². The molecular weight excluding hydrogens is 240 g/mol. The lowest BCUT2D eigenvalue weighted by molar-refractivity contribution is 1.13. The minimum absolute atomic E-state index is 0.371. The van der Waals surface area contributed by atoms with Gasteiger partial charge in [0, 0.05) is 15.5 Å². The summed E-state index contributed by atoms with van der Waals surface area (Å²) in [5.74, 6) is 0. The first-order chi connectivity index (χ1) is 7.70. The van der Waals surface area contributed by atoms with E-state index in [-0.39, 0.29) is 0 Å². The Morgan fingerprint density at radius 1 is 1.38 bits per heavy atom. The van der Waals surface area contributed by atoms with Gasteiger partial charge in [0.2, 0.25) is 0 Å². The molecule has 0 fully saturated rings. The predicted octanol–water partition coefficient (Wildman–Crippen LogP) is 3.84. The number of thiazole rings is 1. The van der Waals surface area contributed by atoms with E-state index in [2.05, 4.69) is 11.1 Å². The van der Waals surface area contributed by atoms with Crippen molar-refractivity contribution in [1.29, 1.82) is 5.26 Å². The van der Waals surface area contributed by atoms with Crippen LogP contribution in [0, 0.1) is 18.3 Å². The second-order valence-electron chi connectivity index (χ2n) is 3.36. The Kier molecular flexibility index (Phi) is 3.23. The van der Waals surface area contributed by atoms with Crippen molar-refractivity contribution in [3.63, 3.8) is 0 Å². The first-order valence-corrected chi connectivity index (χ1v) is 5.99. The normalized spacial score (nSPS) is 10.1. The van der Waals surface area contributed by atoms with E-state index >= 15 is 0 Å². The van der Waals surface area contributed by atoms with Gasteiger partial charge in [-0.05, 0) is 19.1 Å². The molecular formula is C12H9ClN2S. The summed E-state index contributed by atoms with van der Waals surface area (Å²) in [6, 6.07) is 9.69. The monoisotopic (exact) mass is 248 g/mol. The highest BCUT2D eigenvalue weighted by atomic mass is 35.5. The Balaban J connectivity index is 2.38. The second kappa shape index (κ2) is 4.65. The molecule has 0 N–H and O–H groups in total. The zero-order valence-electron chi connectivity index (χ0n) is 8.70. The molecule has 0 saturated carbocycles. The summed E-state index contributed by atoms with van der Waals surface area (Å²) in [6.45, 7) is 1.99. The van der Waals surface area contributed by atoms with Gasteiger partial charge in [0.15, 0.2) is 0 Å². The molecule has 80 valence electrons. The molecule has 0 radical (unpaired) electrons. The first kappa shape index (κ1) is 11.1. The van der Waals surface area contributed by atoms with Crippen molar-refractivity contribution in [2.75, 3.05) is 0 Å². The van der Waals surface area contributed by atoms with Gasteiger partial charge in [-0.15, -0.1) is 11.3 Å². The van der Waals surface area contributed by atoms with Crippen LogP contribution in [0.25, 0.3) is 10.6 Å². The van der Waals surface area contributed by atoms with Gasteiger partial charge < -0.3 is 0 Å². The van der Waals surface area contributed by atoms with Gasteiger partial charge in [0.1, 0.15) is 5.01 Å². The zero-order chi connectivity index (χ0) is 11.5. The average Bonchev–Trinajstić information content (AvgIpc) is 2.62. The van der Waals surface area contributed by atoms with Gasteiger partial charge >= 0.3 is 0 Å². The first-order valence-electron chi connectivity index (χ1n) is 4.80. The van der Waals surface area contributed by atoms with Gasteiger partial charge in [-0.2, -0.15) is 5.26 Å². The Labute approximate surface area is 103 Å². The summed E-state index contributed by atoms with van der Waals surface area (Å²) >= 11 is 7.43. The quantitative estimate of drug-likeness (QED) is 0.810. The highest BCUT2D eigenvalue weighted by molar-refractivity contribution is 7.15. The average molecular weight is 249 g/mol. The molecule has 0 aliphatic rings. The Morgan fingerprint density at radius 2 is 2.06 bits per heavy atom. The van der Waals surface area contributed by atoms with E-state index in [9.17, 15) is 0 Å². The number of aryl methyl sites for hydroxylation is 1. The molecule has 0 saturated heterocycles. The fourth-order valence-electron chi connectivity index (χ4n) is 1.38. The maximum absolute atomic E-state index is 8.66. The summed E-state index contributed by atoms with van der Waals surface area (Å²) in [5.41, 5.74) is 1.92. The van der Waals surface area contributed by atoms with E-state index in [1.807, 2.05) is 31.2 Å². The van der Waals surface area contributed by atoms with Crippen molar-refractivity contribution in [2.45, 2.75) is 13.3 Å². The van der Waals surface area contributed by atoms with Gasteiger partial charge in [-0.3, -0.25) is 0 Å². The number of nitriles is 1. The Morgan fingerprint density at radius 3 is 2.69 bits per heavy atom. The molecule has 0 aliphatic carbocycles. The fourth-order valence-corrected chi connectivity index (χ4v) is 2.44. The van der Waals surface area contributed by atoms with Crippen molar-refractivity contribution in [3.8, 4) is 16.6 Å². The van der Waals surface area contributed by atoms with E-state index in [1.165, 1.54) is 0 Å². The molecule has 0 spiro atoms. The number of hydrogen-bond acceptors (Lipinski definition) is 3. The largest absolute Gasteiger partial charge is 0.240 e. The molecule has 0 unspecified atom stereocenters. The number of aromatic nitrogens is 1. The van der Waals surface area contributed by atoms with Crippen molar-refractivity contribution in [3.05, 3.63) is 39.9 Å². The van der Waals surface area contributed by atoms with Crippen LogP contribution in [-0.2, 0) is 6.42 Å². The number of benzene rings is 1. The molecule has 0 aliphatic heterocycles. The number of hydrogen-bond donors (Lipinski definition) is 0. The molecule has 4 heteroatoms. The molecule has 2 nitrogen and oxygen atoms in total. The third-order valence-electron chi connectivity index (χ3n) is 2.23. The zero-order valence-corrected chi connectivity index (χ0v) is 10.3. The summed E-state index contributed by atoms with van der Waals surface area (Å²) in [6.07, 6.45) is 0.371. The number of rotatable bonds is 2. The summed E-state index contributed by atoms with van der Waals surface area (Å²) in [4.78, 5) is 5.56. The van der Waals surface area contributed by atoms with E-state index in [4.69, 9.17) is 16.9 Å². The third-order valence-corrected chi connectivity index (χ3v) is 3.54. The molecule has 0 bridgehead atoms. The van der Waals surface area contributed by atoms with Crippen molar-refractivity contribution < 1.29 is 0 Å². The third kappa shape index (κ3) is 2.24. The fraction of sp³-hybridized carbons (Fsp3) is 0.167. The maximum Gasteiger partial charge on any atom is 0.123 e. The molecule has 16 heavy (non-hydrogen) atoms. The highest BCUT2D eigenvalue weighted by Crippen LogP contribution is 2.28. The number of halogens is 1. The van der Waals surface area contributed by atoms with E-state index in [0.29, 0.717) is 11.4 Å². The Hall–Kier alpha value is -1.37. The van der Waals surface area contributed by atoms with Crippen molar-refractivity contribution >= 4 is 22.9 Å². The van der Waals surface area contributed by atoms with E-state index in [1.54, 1.807) is 11.3 Å². The van der Waals surface area contributed by atoms with Crippen LogP contribution < -0.4 is 0 Å². The SMILES string of the molecule is Cc1sc(-c2ccc(Cl)cc2)nc1CC#N. The molecule has 2 rings (SSSR count). The van der Waals surface area contributed by atoms with Crippen LogP contribution >= 0.6 is 22.9 Å². The minimum Gasteiger partial charge on any atom is -0.240 e. The second-order valence-corrected chi connectivity index (χ2v) is 5.00. The lowest BCUT2D eigenvalue weighted by Gasteiger charge is -1.95. The Bertz CT molecular complexity index is 537. The summed E-state index contributed by atoms with van der Waals surface area (Å²) < 4.78 is 0. The summed E-state index contributed by atoms with van der Waals surface area (Å²) in [7, 11) is 0. The van der Waals surface area contributed by atoms with E-state index in [0.717, 1.165) is 21.1 Å². The minimum atomic E-state index is 0.371. The van der Waals surface area contributed by atoms with Gasteiger partial charge in [-0.1, -0.05) is 23.7 Å². The van der Waals surface area contributed by atoms with Crippen molar-refractivity contribution in [1.82, 2.24) is 4.98 Å². The maximum atomic E-state index is 8.66. The predicted molar refractivity (Wildman–Crippen MR) is 66.6 cm³/mol. The molecule has 1 heterocycles. The molecule has 0 amide bonds. The lowest BCUT2D eigenvalue weighted by atomic mass is 10.2. The van der Waals surface area contributed by atoms with E-state index < -0.39 is 0 Å². The van der Waals surface area contributed by atoms with Crippen LogP contribution in [0.4, 0.5) is 0 Å². The number of nitrogens with zero attached hydrogens (tertiary/aromatic N) is 2. The smallest absolute Gasteiger partial charge is 0.123 e. The molecule has 1 aromatic carbocycles. The topological polar surface area (TPSA) is 36.7 Å². The highest BCUT2D eigenvalue weighted by Gasteiger charge is 2.08. The van der Waals surface area contributed by atoms with Crippen LogP contribution in [0.3, 0.4) is 0 Å². The molecule has 2 aromatic rings. The molecule has 0 atom stereocenters. The lowest BCUT2D eigenvalue weighted by Crippen LogP contribution is -1.84. The van der Waals surface area contributed by atoms with Crippen LogP contribution in [0.5, 0.6) is 0 Å². The van der Waals surface area contributed by atoms with Gasteiger partial charge in [-0.25, -0.2) is 4.98 Å². The standard InChI is InChI=1S/C12H9ClN2S/c1-8-11(6-7-14)15-12(16-8)9-2-4-10(13)5-3-9/h2-5H,6H2,1H3. The molecule has 1 aromatic heterocycles. The van der Waals surface area contributed by atoms with Crippen LogP contribution in [0.1, 0.15) is 10.6 Å². The summed E-state index contributed by atoms with van der Waals surface area (Å²) in [5, 5.41) is 10.3. The van der Waals surface area contributed by atoms with Crippen molar-refractivity contribution in [2.24, 2.45) is 0 Å². The van der Waals surface area contributed by atoms with Crippen LogP contribution in [0.2, 0.25) is 5.02 Å².